The maximum atomic E-state index is 10.9. The van der Waals surface area contributed by atoms with E-state index < -0.39 is 0 Å². The number of halogens is 2. The number of rotatable bonds is 4. The van der Waals surface area contributed by atoms with E-state index in [9.17, 15) is 4.79 Å². The third kappa shape index (κ3) is 3.57. The van der Waals surface area contributed by atoms with E-state index in [4.69, 9.17) is 23.2 Å². The van der Waals surface area contributed by atoms with E-state index in [2.05, 4.69) is 10.3 Å². The fourth-order valence-corrected chi connectivity index (χ4v) is 2.37. The van der Waals surface area contributed by atoms with Gasteiger partial charge in [-0.1, -0.05) is 34.5 Å². The van der Waals surface area contributed by atoms with Crippen molar-refractivity contribution in [3.8, 4) is 0 Å². The SMILES string of the molecule is O=c1[nH]c(CNCc2cc(Cl)ccc2Cl)cs1. The van der Waals surface area contributed by atoms with Crippen LogP contribution in [0.25, 0.3) is 0 Å². The number of aromatic nitrogens is 1. The molecule has 0 amide bonds. The zero-order chi connectivity index (χ0) is 12.3. The first-order valence-electron chi connectivity index (χ1n) is 4.96. The number of hydrogen-bond acceptors (Lipinski definition) is 3. The third-order valence-electron chi connectivity index (χ3n) is 2.21. The second kappa shape index (κ2) is 5.69. The van der Waals surface area contributed by atoms with Crippen LogP contribution in [0.1, 0.15) is 11.3 Å². The molecule has 1 heterocycles. The Balaban J connectivity index is 1.94. The molecule has 1 aromatic heterocycles. The third-order valence-corrected chi connectivity index (χ3v) is 3.53. The van der Waals surface area contributed by atoms with E-state index in [1.807, 2.05) is 6.07 Å². The van der Waals surface area contributed by atoms with Gasteiger partial charge in [-0.05, 0) is 23.8 Å². The standard InChI is InChI=1S/C11H10Cl2N2OS/c12-8-1-2-10(13)7(3-8)4-14-5-9-6-17-11(16)15-9/h1-3,6,14H,4-5H2,(H,15,16). The zero-order valence-electron chi connectivity index (χ0n) is 8.80. The van der Waals surface area contributed by atoms with Crippen LogP contribution in [0.4, 0.5) is 0 Å². The van der Waals surface area contributed by atoms with Crippen LogP contribution in [-0.4, -0.2) is 4.98 Å². The van der Waals surface area contributed by atoms with Crippen molar-refractivity contribution in [3.63, 3.8) is 0 Å². The van der Waals surface area contributed by atoms with Gasteiger partial charge < -0.3 is 10.3 Å². The minimum atomic E-state index is -0.0393. The second-order valence-electron chi connectivity index (χ2n) is 3.51. The van der Waals surface area contributed by atoms with Crippen molar-refractivity contribution < 1.29 is 0 Å². The van der Waals surface area contributed by atoms with Gasteiger partial charge in [0.1, 0.15) is 0 Å². The average molecular weight is 289 g/mol. The number of thiazole rings is 1. The molecule has 90 valence electrons. The summed E-state index contributed by atoms with van der Waals surface area (Å²) in [5, 5.41) is 6.34. The molecule has 0 aliphatic heterocycles. The molecule has 0 saturated carbocycles. The summed E-state index contributed by atoms with van der Waals surface area (Å²) in [6.45, 7) is 1.21. The monoisotopic (exact) mass is 288 g/mol. The topological polar surface area (TPSA) is 44.9 Å². The average Bonchev–Trinajstić information content (AvgIpc) is 2.69. The van der Waals surface area contributed by atoms with E-state index in [1.54, 1.807) is 17.5 Å². The zero-order valence-corrected chi connectivity index (χ0v) is 11.1. The van der Waals surface area contributed by atoms with Crippen molar-refractivity contribution in [2.75, 3.05) is 0 Å². The van der Waals surface area contributed by atoms with E-state index in [0.717, 1.165) is 22.6 Å². The van der Waals surface area contributed by atoms with Gasteiger partial charge in [0.25, 0.3) is 0 Å². The van der Waals surface area contributed by atoms with Gasteiger partial charge in [0.15, 0.2) is 0 Å². The van der Waals surface area contributed by atoms with Gasteiger partial charge in [-0.3, -0.25) is 4.79 Å². The van der Waals surface area contributed by atoms with Crippen molar-refractivity contribution >= 4 is 34.5 Å². The number of nitrogens with one attached hydrogen (secondary N) is 2. The summed E-state index contributed by atoms with van der Waals surface area (Å²) in [5.74, 6) is 0. The van der Waals surface area contributed by atoms with Crippen LogP contribution < -0.4 is 10.2 Å². The van der Waals surface area contributed by atoms with Crippen LogP contribution >= 0.6 is 34.5 Å². The molecule has 0 spiro atoms. The van der Waals surface area contributed by atoms with Gasteiger partial charge in [0.05, 0.1) is 0 Å². The molecule has 3 nitrogen and oxygen atoms in total. The lowest BCUT2D eigenvalue weighted by Gasteiger charge is -2.06. The number of benzene rings is 1. The summed E-state index contributed by atoms with van der Waals surface area (Å²) in [5.41, 5.74) is 1.81. The van der Waals surface area contributed by atoms with Gasteiger partial charge in [0.2, 0.25) is 0 Å². The van der Waals surface area contributed by atoms with Gasteiger partial charge in [0, 0.05) is 34.2 Å². The molecule has 0 aliphatic carbocycles. The first-order chi connectivity index (χ1) is 8.15. The highest BCUT2D eigenvalue weighted by Gasteiger charge is 2.02. The van der Waals surface area contributed by atoms with Gasteiger partial charge in [-0.2, -0.15) is 0 Å². The molecule has 6 heteroatoms. The Bertz CT molecular complexity index is 565. The van der Waals surface area contributed by atoms with E-state index in [-0.39, 0.29) is 4.87 Å². The number of aromatic amines is 1. The first-order valence-corrected chi connectivity index (χ1v) is 6.60. The number of hydrogen-bond donors (Lipinski definition) is 2. The maximum Gasteiger partial charge on any atom is 0.304 e. The lowest BCUT2D eigenvalue weighted by Crippen LogP contribution is -2.14. The lowest BCUT2D eigenvalue weighted by atomic mass is 10.2. The normalized spacial score (nSPS) is 10.7. The Morgan fingerprint density at radius 1 is 1.29 bits per heavy atom. The first kappa shape index (κ1) is 12.6. The Morgan fingerprint density at radius 2 is 2.12 bits per heavy atom. The number of H-pyrrole nitrogens is 1. The molecular formula is C11H10Cl2N2OS. The Morgan fingerprint density at radius 3 is 2.82 bits per heavy atom. The smallest absolute Gasteiger partial charge is 0.304 e. The van der Waals surface area contributed by atoms with Gasteiger partial charge in [-0.15, -0.1) is 0 Å². The molecular weight excluding hydrogens is 279 g/mol. The largest absolute Gasteiger partial charge is 0.315 e. The molecule has 2 rings (SSSR count). The summed E-state index contributed by atoms with van der Waals surface area (Å²) in [7, 11) is 0. The fourth-order valence-electron chi connectivity index (χ4n) is 1.41. The minimum absolute atomic E-state index is 0.0393. The molecule has 0 bridgehead atoms. The van der Waals surface area contributed by atoms with Crippen LogP contribution in [-0.2, 0) is 13.1 Å². The molecule has 0 aliphatic rings. The molecule has 2 N–H and O–H groups in total. The highest BCUT2D eigenvalue weighted by Crippen LogP contribution is 2.20. The Hall–Kier alpha value is -0.810. The van der Waals surface area contributed by atoms with Crippen molar-refractivity contribution in [2.24, 2.45) is 0 Å². The van der Waals surface area contributed by atoms with Gasteiger partial charge >= 0.3 is 4.87 Å². The molecule has 0 unspecified atom stereocenters. The van der Waals surface area contributed by atoms with Crippen LogP contribution in [0, 0.1) is 0 Å². The maximum absolute atomic E-state index is 10.9. The predicted octanol–water partition coefficient (Wildman–Crippen LogP) is 3.03. The summed E-state index contributed by atoms with van der Waals surface area (Å²) in [4.78, 5) is 13.6. The van der Waals surface area contributed by atoms with Crippen LogP contribution in [0.15, 0.2) is 28.4 Å². The van der Waals surface area contributed by atoms with Crippen molar-refractivity contribution in [1.29, 1.82) is 0 Å². The fraction of sp³-hybridized carbons (Fsp3) is 0.182. The Labute approximate surface area is 112 Å². The van der Waals surface area contributed by atoms with Crippen molar-refractivity contribution in [3.05, 3.63) is 54.5 Å². The Kier molecular flexibility index (Phi) is 4.23. The highest BCUT2D eigenvalue weighted by molar-refractivity contribution is 7.07. The summed E-state index contributed by atoms with van der Waals surface area (Å²) < 4.78 is 0. The van der Waals surface area contributed by atoms with E-state index in [1.165, 1.54) is 0 Å². The van der Waals surface area contributed by atoms with E-state index in [0.29, 0.717) is 23.1 Å². The molecule has 2 aromatic rings. The van der Waals surface area contributed by atoms with Crippen LogP contribution in [0.5, 0.6) is 0 Å². The van der Waals surface area contributed by atoms with Crippen molar-refractivity contribution in [2.45, 2.75) is 13.1 Å². The molecule has 0 fully saturated rings. The molecule has 0 radical (unpaired) electrons. The molecule has 17 heavy (non-hydrogen) atoms. The van der Waals surface area contributed by atoms with Crippen molar-refractivity contribution in [1.82, 2.24) is 10.3 Å². The van der Waals surface area contributed by atoms with Crippen LogP contribution in [0.3, 0.4) is 0 Å². The molecule has 1 aromatic carbocycles. The second-order valence-corrected chi connectivity index (χ2v) is 5.20. The van der Waals surface area contributed by atoms with Gasteiger partial charge in [-0.25, -0.2) is 0 Å². The van der Waals surface area contributed by atoms with E-state index >= 15 is 0 Å². The summed E-state index contributed by atoms with van der Waals surface area (Å²) in [6.07, 6.45) is 0. The molecule has 0 atom stereocenters. The molecule has 0 saturated heterocycles. The quantitative estimate of drug-likeness (QED) is 0.908. The highest BCUT2D eigenvalue weighted by atomic mass is 35.5. The van der Waals surface area contributed by atoms with Crippen LogP contribution in [0.2, 0.25) is 10.0 Å². The summed E-state index contributed by atoms with van der Waals surface area (Å²) in [6, 6.07) is 5.35. The minimum Gasteiger partial charge on any atom is -0.315 e. The predicted molar refractivity (Wildman–Crippen MR) is 71.9 cm³/mol. The summed E-state index contributed by atoms with van der Waals surface area (Å²) >= 11 is 13.1. The lowest BCUT2D eigenvalue weighted by molar-refractivity contribution is 0.682.